The molecule has 1 aromatic heterocycles. The summed E-state index contributed by atoms with van der Waals surface area (Å²) in [6, 6.07) is 4.34. The van der Waals surface area contributed by atoms with Crippen LogP contribution >= 0.6 is 34.5 Å². The number of carbonyl (C=O) groups excluding carboxylic acids is 3. The fraction of sp³-hybridized carbons (Fsp3) is 0.400. The number of amides is 3. The average Bonchev–Trinajstić information content (AvgIpc) is 3.12. The molecule has 2 N–H and O–H groups in total. The number of benzene rings is 1. The smallest absolute Gasteiger partial charge is 0.256 e. The Hall–Kier alpha value is -2.20. The second-order valence-corrected chi connectivity index (χ2v) is 8.56. The van der Waals surface area contributed by atoms with Gasteiger partial charge >= 0.3 is 0 Å². The zero-order valence-corrected chi connectivity index (χ0v) is 19.7. The molecule has 3 amide bonds. The summed E-state index contributed by atoms with van der Waals surface area (Å²) in [6.45, 7) is 4.27. The Morgan fingerprint density at radius 3 is 2.61 bits per heavy atom. The van der Waals surface area contributed by atoms with Crippen LogP contribution in [0.1, 0.15) is 29.9 Å². The number of aromatic nitrogens is 1. The molecule has 8 nitrogen and oxygen atoms in total. The molecule has 0 aliphatic rings. The van der Waals surface area contributed by atoms with Crippen molar-refractivity contribution in [1.29, 1.82) is 0 Å². The number of carbonyl (C=O) groups is 3. The largest absolute Gasteiger partial charge is 0.383 e. The molecule has 0 aliphatic carbocycles. The van der Waals surface area contributed by atoms with E-state index in [1.165, 1.54) is 28.4 Å². The van der Waals surface area contributed by atoms with Gasteiger partial charge in [0.15, 0.2) is 5.13 Å². The second kappa shape index (κ2) is 12.0. The SMILES string of the molecule is COCCNC(=O)Cc1csc(NC(=O)CN(C(=O)c2ccc(Cl)cc2Cl)C(C)C)n1. The van der Waals surface area contributed by atoms with Gasteiger partial charge in [-0.15, -0.1) is 11.3 Å². The number of nitrogens with zero attached hydrogens (tertiary/aromatic N) is 2. The van der Waals surface area contributed by atoms with Crippen molar-refractivity contribution in [2.45, 2.75) is 26.3 Å². The van der Waals surface area contributed by atoms with Gasteiger partial charge in [-0.1, -0.05) is 23.2 Å². The predicted octanol–water partition coefficient (Wildman–Crippen LogP) is 3.24. The molecule has 0 aliphatic heterocycles. The van der Waals surface area contributed by atoms with Gasteiger partial charge in [-0.2, -0.15) is 0 Å². The Bertz CT molecular complexity index is 936. The highest BCUT2D eigenvalue weighted by Crippen LogP contribution is 2.23. The number of anilines is 1. The van der Waals surface area contributed by atoms with Crippen molar-refractivity contribution in [1.82, 2.24) is 15.2 Å². The maximum atomic E-state index is 12.9. The maximum Gasteiger partial charge on any atom is 0.256 e. The van der Waals surface area contributed by atoms with Crippen LogP contribution in [0.5, 0.6) is 0 Å². The van der Waals surface area contributed by atoms with Crippen LogP contribution in [0.2, 0.25) is 10.0 Å². The predicted molar refractivity (Wildman–Crippen MR) is 122 cm³/mol. The van der Waals surface area contributed by atoms with Gasteiger partial charge in [0.1, 0.15) is 6.54 Å². The van der Waals surface area contributed by atoms with Crippen molar-refractivity contribution < 1.29 is 19.1 Å². The molecule has 1 heterocycles. The third kappa shape index (κ3) is 7.77. The molecule has 31 heavy (non-hydrogen) atoms. The van der Waals surface area contributed by atoms with Gasteiger partial charge in [-0.3, -0.25) is 14.4 Å². The number of halogens is 2. The van der Waals surface area contributed by atoms with Gasteiger partial charge in [0, 0.05) is 30.1 Å². The first-order chi connectivity index (χ1) is 14.7. The third-order valence-electron chi connectivity index (χ3n) is 4.13. The number of methoxy groups -OCH3 is 1. The highest BCUT2D eigenvalue weighted by atomic mass is 35.5. The molecule has 168 valence electrons. The standard InChI is InChI=1S/C20H24Cl2N4O4S/c1-12(2)26(19(29)15-5-4-13(21)8-16(15)22)10-18(28)25-20-24-14(11-31-20)9-17(27)23-6-7-30-3/h4-5,8,11-12H,6-7,9-10H2,1-3H3,(H,23,27)(H,24,25,28). The van der Waals surface area contributed by atoms with Crippen molar-refractivity contribution in [3.63, 3.8) is 0 Å². The molecule has 0 atom stereocenters. The number of rotatable bonds is 10. The zero-order valence-electron chi connectivity index (χ0n) is 17.4. The summed E-state index contributed by atoms with van der Waals surface area (Å²) in [5.74, 6) is -0.964. The molecule has 2 rings (SSSR count). The lowest BCUT2D eigenvalue weighted by atomic mass is 10.1. The number of hydrogen-bond acceptors (Lipinski definition) is 6. The molecule has 2 aromatic rings. The average molecular weight is 487 g/mol. The van der Waals surface area contributed by atoms with Crippen LogP contribution < -0.4 is 10.6 Å². The van der Waals surface area contributed by atoms with E-state index >= 15 is 0 Å². The quantitative estimate of drug-likeness (QED) is 0.502. The monoisotopic (exact) mass is 486 g/mol. The maximum absolute atomic E-state index is 12.9. The van der Waals surface area contributed by atoms with E-state index in [0.29, 0.717) is 29.0 Å². The first-order valence-electron chi connectivity index (χ1n) is 9.47. The van der Waals surface area contributed by atoms with Crippen molar-refractivity contribution in [2.24, 2.45) is 0 Å². The Labute approximate surface area is 194 Å². The van der Waals surface area contributed by atoms with Gasteiger partial charge in [0.2, 0.25) is 11.8 Å². The van der Waals surface area contributed by atoms with E-state index in [-0.39, 0.29) is 41.4 Å². The summed E-state index contributed by atoms with van der Waals surface area (Å²) >= 11 is 13.2. The van der Waals surface area contributed by atoms with Crippen molar-refractivity contribution in [2.75, 3.05) is 32.1 Å². The van der Waals surface area contributed by atoms with Crippen LogP contribution in [0.3, 0.4) is 0 Å². The van der Waals surface area contributed by atoms with Crippen LogP contribution in [-0.2, 0) is 20.7 Å². The van der Waals surface area contributed by atoms with E-state index in [2.05, 4.69) is 15.6 Å². The van der Waals surface area contributed by atoms with Crippen molar-refractivity contribution in [3.8, 4) is 0 Å². The zero-order chi connectivity index (χ0) is 23.0. The number of hydrogen-bond donors (Lipinski definition) is 2. The number of nitrogens with one attached hydrogen (secondary N) is 2. The lowest BCUT2D eigenvalue weighted by Gasteiger charge is -2.26. The van der Waals surface area contributed by atoms with Gasteiger partial charge in [-0.25, -0.2) is 4.98 Å². The number of thiazole rings is 1. The Morgan fingerprint density at radius 1 is 1.23 bits per heavy atom. The van der Waals surface area contributed by atoms with E-state index in [4.69, 9.17) is 27.9 Å². The van der Waals surface area contributed by atoms with Crippen molar-refractivity contribution >= 4 is 57.4 Å². The van der Waals surface area contributed by atoms with Gasteiger partial charge in [-0.05, 0) is 32.0 Å². The summed E-state index contributed by atoms with van der Waals surface area (Å²) in [5, 5.41) is 8.07. The molecule has 1 aromatic carbocycles. The van der Waals surface area contributed by atoms with Crippen LogP contribution in [0.4, 0.5) is 5.13 Å². The molecule has 0 radical (unpaired) electrons. The van der Waals surface area contributed by atoms with E-state index in [1.807, 2.05) is 0 Å². The summed E-state index contributed by atoms with van der Waals surface area (Å²) < 4.78 is 4.88. The molecular weight excluding hydrogens is 463 g/mol. The minimum absolute atomic E-state index is 0.0990. The van der Waals surface area contributed by atoms with Crippen LogP contribution in [0, 0.1) is 0 Å². The normalized spacial score (nSPS) is 10.8. The van der Waals surface area contributed by atoms with Crippen molar-refractivity contribution in [3.05, 3.63) is 44.9 Å². The molecular formula is C20H24Cl2N4O4S. The topological polar surface area (TPSA) is 101 Å². The van der Waals surface area contributed by atoms with E-state index in [1.54, 1.807) is 32.4 Å². The first kappa shape index (κ1) is 25.1. The molecule has 0 unspecified atom stereocenters. The molecule has 0 fully saturated rings. The first-order valence-corrected chi connectivity index (χ1v) is 11.1. The molecule has 0 saturated heterocycles. The van der Waals surface area contributed by atoms with Crippen LogP contribution in [-0.4, -0.2) is 60.5 Å². The fourth-order valence-corrected chi connectivity index (χ4v) is 3.80. The highest BCUT2D eigenvalue weighted by molar-refractivity contribution is 7.13. The lowest BCUT2D eigenvalue weighted by Crippen LogP contribution is -2.42. The Morgan fingerprint density at radius 2 is 1.97 bits per heavy atom. The molecule has 11 heteroatoms. The van der Waals surface area contributed by atoms with Crippen LogP contribution in [0.15, 0.2) is 23.6 Å². The molecule has 0 bridgehead atoms. The minimum Gasteiger partial charge on any atom is -0.383 e. The fourth-order valence-electron chi connectivity index (χ4n) is 2.59. The van der Waals surface area contributed by atoms with E-state index < -0.39 is 5.91 Å². The van der Waals surface area contributed by atoms with Crippen LogP contribution in [0.25, 0.3) is 0 Å². The number of ether oxygens (including phenoxy) is 1. The van der Waals surface area contributed by atoms with Gasteiger partial charge < -0.3 is 20.3 Å². The summed E-state index contributed by atoms with van der Waals surface area (Å²) in [4.78, 5) is 42.9. The molecule has 0 saturated carbocycles. The summed E-state index contributed by atoms with van der Waals surface area (Å²) in [7, 11) is 1.56. The summed E-state index contributed by atoms with van der Waals surface area (Å²) in [6.07, 6.45) is 0.0990. The van der Waals surface area contributed by atoms with E-state index in [0.717, 1.165) is 0 Å². The summed E-state index contributed by atoms with van der Waals surface area (Å²) in [5.41, 5.74) is 0.809. The van der Waals surface area contributed by atoms with E-state index in [9.17, 15) is 14.4 Å². The minimum atomic E-state index is -0.405. The van der Waals surface area contributed by atoms with Gasteiger partial charge in [0.25, 0.3) is 5.91 Å². The molecule has 0 spiro atoms. The Balaban J connectivity index is 1.97. The third-order valence-corrected chi connectivity index (χ3v) is 5.48. The van der Waals surface area contributed by atoms with Gasteiger partial charge in [0.05, 0.1) is 29.3 Å². The lowest BCUT2D eigenvalue weighted by molar-refractivity contribution is -0.120. The Kier molecular flexibility index (Phi) is 9.70. The highest BCUT2D eigenvalue weighted by Gasteiger charge is 2.24. The second-order valence-electron chi connectivity index (χ2n) is 6.86.